The minimum atomic E-state index is -0.0541. The lowest BCUT2D eigenvalue weighted by atomic mass is 10.0. The first-order valence-electron chi connectivity index (χ1n) is 7.05. The van der Waals surface area contributed by atoms with Gasteiger partial charge in [0.15, 0.2) is 0 Å². The van der Waals surface area contributed by atoms with E-state index in [-0.39, 0.29) is 24.4 Å². The molecule has 2 rings (SSSR count). The lowest BCUT2D eigenvalue weighted by Crippen LogP contribution is -2.46. The summed E-state index contributed by atoms with van der Waals surface area (Å²) in [5.41, 5.74) is 1.61. The van der Waals surface area contributed by atoms with Gasteiger partial charge in [0, 0.05) is 24.8 Å². The summed E-state index contributed by atoms with van der Waals surface area (Å²) < 4.78 is 1.80. The summed E-state index contributed by atoms with van der Waals surface area (Å²) in [4.78, 5) is 12.2. The highest BCUT2D eigenvalue weighted by Gasteiger charge is 2.22. The maximum Gasteiger partial charge on any atom is 0.272 e. The monoisotopic (exact) mass is 300 g/mol. The van der Waals surface area contributed by atoms with Crippen LogP contribution in [0.4, 0.5) is 0 Å². The van der Waals surface area contributed by atoms with Gasteiger partial charge in [-0.05, 0) is 38.3 Å². The number of nitrogens with zero attached hydrogens (tertiary/aromatic N) is 2. The van der Waals surface area contributed by atoms with Crippen molar-refractivity contribution in [1.29, 1.82) is 0 Å². The number of carbonyl (C=O) groups excluding carboxylic acids is 1. The number of rotatable bonds is 3. The van der Waals surface area contributed by atoms with Crippen molar-refractivity contribution in [2.75, 3.05) is 6.54 Å². The Hall–Kier alpha value is -1.07. The van der Waals surface area contributed by atoms with Gasteiger partial charge in [0.2, 0.25) is 0 Å². The lowest BCUT2D eigenvalue weighted by Gasteiger charge is -2.28. The first-order valence-corrected chi connectivity index (χ1v) is 7.05. The van der Waals surface area contributed by atoms with Crippen LogP contribution in [0.15, 0.2) is 6.07 Å². The van der Waals surface area contributed by atoms with E-state index in [9.17, 15) is 4.79 Å². The van der Waals surface area contributed by atoms with Crippen LogP contribution in [0, 0.1) is 0 Å². The first kappa shape index (κ1) is 17.0. The Morgan fingerprint density at radius 1 is 1.55 bits per heavy atom. The Bertz CT molecular complexity index is 458. The van der Waals surface area contributed by atoms with Crippen LogP contribution >= 0.6 is 12.4 Å². The molecule has 0 radical (unpaired) electrons. The normalized spacial score (nSPS) is 22.4. The summed E-state index contributed by atoms with van der Waals surface area (Å²) in [7, 11) is 1.89. The molecule has 2 unspecified atom stereocenters. The molecule has 1 aromatic rings. The molecule has 114 valence electrons. The zero-order valence-electron chi connectivity index (χ0n) is 12.6. The van der Waals surface area contributed by atoms with Crippen LogP contribution in [-0.4, -0.2) is 34.3 Å². The highest BCUT2D eigenvalue weighted by atomic mass is 35.5. The van der Waals surface area contributed by atoms with E-state index in [1.54, 1.807) is 4.68 Å². The standard InChI is InChI=1S/C14H24N4O.ClH/c1-9(2)13-8-12(17-18(13)4)14(19)16-11-5-6-15-10(3)7-11;/h8-11,15H,5-7H2,1-4H3,(H,16,19);1H. The van der Waals surface area contributed by atoms with Crippen molar-refractivity contribution in [3.63, 3.8) is 0 Å². The quantitative estimate of drug-likeness (QED) is 0.895. The largest absolute Gasteiger partial charge is 0.348 e. The predicted octanol–water partition coefficient (Wildman–Crippen LogP) is 1.84. The smallest absolute Gasteiger partial charge is 0.272 e. The summed E-state index contributed by atoms with van der Waals surface area (Å²) in [6.45, 7) is 7.32. The second-order valence-corrected chi connectivity index (χ2v) is 5.78. The van der Waals surface area contributed by atoms with Crippen molar-refractivity contribution in [2.24, 2.45) is 7.05 Å². The average molecular weight is 301 g/mol. The number of aromatic nitrogens is 2. The third kappa shape index (κ3) is 3.96. The van der Waals surface area contributed by atoms with Gasteiger partial charge >= 0.3 is 0 Å². The van der Waals surface area contributed by atoms with Crippen LogP contribution in [0.25, 0.3) is 0 Å². The SMILES string of the molecule is CC1CC(NC(=O)c2cc(C(C)C)n(C)n2)CCN1.Cl. The second kappa shape index (κ2) is 7.09. The fourth-order valence-electron chi connectivity index (χ4n) is 2.66. The number of halogens is 1. The molecular weight excluding hydrogens is 276 g/mol. The molecule has 6 heteroatoms. The molecule has 0 spiro atoms. The van der Waals surface area contributed by atoms with E-state index in [1.165, 1.54) is 0 Å². The molecule has 0 aromatic carbocycles. The maximum absolute atomic E-state index is 12.2. The summed E-state index contributed by atoms with van der Waals surface area (Å²) in [5, 5.41) is 10.8. The maximum atomic E-state index is 12.2. The van der Waals surface area contributed by atoms with Gasteiger partial charge in [-0.15, -0.1) is 12.4 Å². The van der Waals surface area contributed by atoms with Gasteiger partial charge in [-0.3, -0.25) is 9.48 Å². The van der Waals surface area contributed by atoms with Crippen LogP contribution in [0.1, 0.15) is 55.7 Å². The zero-order valence-corrected chi connectivity index (χ0v) is 13.5. The average Bonchev–Trinajstić information content (AvgIpc) is 2.71. The van der Waals surface area contributed by atoms with Crippen LogP contribution < -0.4 is 10.6 Å². The van der Waals surface area contributed by atoms with Crippen LogP contribution in [0.3, 0.4) is 0 Å². The van der Waals surface area contributed by atoms with E-state index in [4.69, 9.17) is 0 Å². The van der Waals surface area contributed by atoms with E-state index in [0.717, 1.165) is 25.1 Å². The number of amides is 1. The highest BCUT2D eigenvalue weighted by molar-refractivity contribution is 5.92. The Morgan fingerprint density at radius 3 is 2.80 bits per heavy atom. The van der Waals surface area contributed by atoms with Crippen molar-refractivity contribution < 1.29 is 4.79 Å². The molecule has 0 aliphatic carbocycles. The van der Waals surface area contributed by atoms with Gasteiger partial charge in [-0.25, -0.2) is 0 Å². The molecule has 5 nitrogen and oxygen atoms in total. The predicted molar refractivity (Wildman–Crippen MR) is 82.5 cm³/mol. The molecule has 2 atom stereocenters. The second-order valence-electron chi connectivity index (χ2n) is 5.78. The Kier molecular flexibility index (Phi) is 6.02. The third-order valence-corrected chi connectivity index (χ3v) is 3.70. The van der Waals surface area contributed by atoms with E-state index in [1.807, 2.05) is 13.1 Å². The topological polar surface area (TPSA) is 59.0 Å². The number of aryl methyl sites for hydroxylation is 1. The first-order chi connectivity index (χ1) is 8.97. The van der Waals surface area contributed by atoms with Gasteiger partial charge in [0.1, 0.15) is 5.69 Å². The number of hydrogen-bond donors (Lipinski definition) is 2. The molecular formula is C14H25ClN4O. The summed E-state index contributed by atoms with van der Waals surface area (Å²) >= 11 is 0. The van der Waals surface area contributed by atoms with Crippen molar-refractivity contribution in [3.05, 3.63) is 17.5 Å². The van der Waals surface area contributed by atoms with Gasteiger partial charge < -0.3 is 10.6 Å². The number of hydrogen-bond acceptors (Lipinski definition) is 3. The fourth-order valence-corrected chi connectivity index (χ4v) is 2.66. The van der Waals surface area contributed by atoms with E-state index in [0.29, 0.717) is 17.7 Å². The summed E-state index contributed by atoms with van der Waals surface area (Å²) in [6, 6.07) is 2.62. The zero-order chi connectivity index (χ0) is 14.0. The molecule has 20 heavy (non-hydrogen) atoms. The van der Waals surface area contributed by atoms with Crippen molar-refractivity contribution >= 4 is 18.3 Å². The summed E-state index contributed by atoms with van der Waals surface area (Å²) in [6.07, 6.45) is 1.97. The van der Waals surface area contributed by atoms with Gasteiger partial charge in [-0.2, -0.15) is 5.10 Å². The van der Waals surface area contributed by atoms with Crippen LogP contribution in [0.2, 0.25) is 0 Å². The molecule has 0 bridgehead atoms. The van der Waals surface area contributed by atoms with E-state index in [2.05, 4.69) is 36.5 Å². The molecule has 1 amide bonds. The summed E-state index contributed by atoms with van der Waals surface area (Å²) in [5.74, 6) is 0.319. The highest BCUT2D eigenvalue weighted by Crippen LogP contribution is 2.15. The molecule has 1 saturated heterocycles. The molecule has 0 saturated carbocycles. The molecule has 2 heterocycles. The van der Waals surface area contributed by atoms with Gasteiger partial charge in [0.05, 0.1) is 0 Å². The Balaban J connectivity index is 0.00000200. The number of carbonyl (C=O) groups is 1. The molecule has 2 N–H and O–H groups in total. The molecule has 1 aromatic heterocycles. The van der Waals surface area contributed by atoms with Crippen molar-refractivity contribution in [2.45, 2.75) is 51.6 Å². The minimum Gasteiger partial charge on any atom is -0.348 e. The number of piperidine rings is 1. The Morgan fingerprint density at radius 2 is 2.25 bits per heavy atom. The molecule has 1 fully saturated rings. The van der Waals surface area contributed by atoms with E-state index >= 15 is 0 Å². The minimum absolute atomic E-state index is 0. The van der Waals surface area contributed by atoms with Crippen LogP contribution in [-0.2, 0) is 7.05 Å². The lowest BCUT2D eigenvalue weighted by molar-refractivity contribution is 0.0920. The number of nitrogens with one attached hydrogen (secondary N) is 2. The Labute approximate surface area is 126 Å². The fraction of sp³-hybridized carbons (Fsp3) is 0.714. The van der Waals surface area contributed by atoms with Crippen LogP contribution in [0.5, 0.6) is 0 Å². The third-order valence-electron chi connectivity index (χ3n) is 3.70. The van der Waals surface area contributed by atoms with Crippen molar-refractivity contribution in [1.82, 2.24) is 20.4 Å². The molecule has 1 aliphatic rings. The van der Waals surface area contributed by atoms with Gasteiger partial charge in [-0.1, -0.05) is 13.8 Å². The molecule has 1 aliphatic heterocycles. The van der Waals surface area contributed by atoms with E-state index < -0.39 is 0 Å². The van der Waals surface area contributed by atoms with Crippen molar-refractivity contribution in [3.8, 4) is 0 Å². The van der Waals surface area contributed by atoms with Gasteiger partial charge in [0.25, 0.3) is 5.91 Å².